The zero-order valence-electron chi connectivity index (χ0n) is 48.1. The second-order valence-electron chi connectivity index (χ2n) is 12.0. The number of nitro benzene ring substituents is 2. The quantitative estimate of drug-likeness (QED) is 0.0594. The molecule has 1 atom stereocenters. The van der Waals surface area contributed by atoms with E-state index < -0.39 is 20.6 Å². The minimum atomic E-state index is -1.33. The van der Waals surface area contributed by atoms with E-state index in [-0.39, 0.29) is 48.2 Å². The second-order valence-corrected chi connectivity index (χ2v) is 13.3. The zero-order valence-corrected chi connectivity index (χ0v) is 48.9. The van der Waals surface area contributed by atoms with Crippen molar-refractivity contribution in [1.82, 2.24) is 39.2 Å². The molecule has 422 valence electrons. The van der Waals surface area contributed by atoms with Crippen molar-refractivity contribution >= 4 is 56.0 Å². The number of benzene rings is 2. The lowest BCUT2D eigenvalue weighted by atomic mass is 10.0. The van der Waals surface area contributed by atoms with Gasteiger partial charge in [-0.15, -0.1) is 0 Å². The van der Waals surface area contributed by atoms with E-state index in [1.807, 2.05) is 179 Å². The highest BCUT2D eigenvalue weighted by atomic mass is 32.2. The number of anilines is 1. The highest BCUT2D eigenvalue weighted by molar-refractivity contribution is 7.84. The molecule has 0 aliphatic heterocycles. The highest BCUT2D eigenvalue weighted by Gasteiger charge is 2.21. The SMILES string of the molecule is C.C.CC.CC.CC.CC.CC.CC.CC.CC.CCN.CCNc1nccc(-c2c(-c3cccc([N+](=O)[O-])c3)nn3ccccc23)n1.CS(=O)c1nccc(-c2c(-c3cccc([N+](=O)[O-])c3)nn3ccccc23)n1.[B].[B]. The van der Waals surface area contributed by atoms with Crippen LogP contribution in [0, 0.1) is 20.2 Å². The molecule has 20 heteroatoms. The maximum atomic E-state index is 11.8. The number of fused-ring (bicyclic) bond motifs is 2. The molecule has 6 aromatic heterocycles. The number of nitro groups is 2. The first kappa shape index (κ1) is 83.8. The number of non-ortho nitro benzene ring substituents is 2. The molecular formula is C57H92B2N12O5S. The van der Waals surface area contributed by atoms with Crippen LogP contribution >= 0.6 is 0 Å². The smallest absolute Gasteiger partial charge is 0.270 e. The summed E-state index contributed by atoms with van der Waals surface area (Å²) in [6.07, 6.45) is 8.37. The van der Waals surface area contributed by atoms with E-state index >= 15 is 0 Å². The molecule has 6 heterocycles. The van der Waals surface area contributed by atoms with Crippen LogP contribution in [0.2, 0.25) is 0 Å². The van der Waals surface area contributed by atoms with E-state index in [9.17, 15) is 24.4 Å². The van der Waals surface area contributed by atoms with Crippen LogP contribution in [0.1, 0.15) is 139 Å². The van der Waals surface area contributed by atoms with Crippen molar-refractivity contribution < 1.29 is 14.1 Å². The van der Waals surface area contributed by atoms with Crippen molar-refractivity contribution in [3.05, 3.63) is 142 Å². The lowest BCUT2D eigenvalue weighted by molar-refractivity contribution is -0.385. The minimum Gasteiger partial charge on any atom is -0.354 e. The summed E-state index contributed by atoms with van der Waals surface area (Å²) in [6, 6.07) is 27.6. The molecule has 0 bridgehead atoms. The summed E-state index contributed by atoms with van der Waals surface area (Å²) in [5.74, 6) is 0.523. The number of pyridine rings is 2. The van der Waals surface area contributed by atoms with Gasteiger partial charge in [0.15, 0.2) is 0 Å². The number of nitrogens with zero attached hydrogens (tertiary/aromatic N) is 10. The molecule has 6 radical (unpaired) electrons. The lowest BCUT2D eigenvalue weighted by Crippen LogP contribution is -2.02. The third kappa shape index (κ3) is 25.5. The lowest BCUT2D eigenvalue weighted by Gasteiger charge is -2.06. The first-order valence-electron chi connectivity index (χ1n) is 25.5. The molecule has 0 amide bonds. The molecule has 0 aliphatic rings. The fourth-order valence-corrected chi connectivity index (χ4v) is 6.24. The van der Waals surface area contributed by atoms with Gasteiger partial charge in [-0.25, -0.2) is 29.0 Å². The Kier molecular flexibility index (Phi) is 55.4. The van der Waals surface area contributed by atoms with Crippen LogP contribution in [0.25, 0.3) is 56.1 Å². The second kappa shape index (κ2) is 51.0. The van der Waals surface area contributed by atoms with Crippen LogP contribution in [-0.2, 0) is 10.8 Å². The molecule has 0 saturated carbocycles. The first-order valence-corrected chi connectivity index (χ1v) is 27.1. The molecule has 1 unspecified atom stereocenters. The predicted molar refractivity (Wildman–Crippen MR) is 334 cm³/mol. The molecule has 3 N–H and O–H groups in total. The normalized spacial score (nSPS) is 8.94. The van der Waals surface area contributed by atoms with E-state index in [4.69, 9.17) is 5.73 Å². The standard InChI is InChI=1S/C19H16N6O2.C18H13N5O3S.C2H7N.8C2H6.2CH4.2B/c1-2-20-19-21-10-9-15(22-19)17-16-8-3-4-11-24(16)23-18(17)13-6-5-7-14(12-13)25(26)27;1-27(26)18-19-9-8-14(20-18)16-15-7-2-3-10-22(15)21-17(16)12-5-4-6-13(11-12)23(24)25;1-2-3;8*1-2;;;;/h3-12H,2H2,1H3,(H,20,21,22);2-11H,1H3;2-3H2,1H3;8*1-2H3;2*1H4;;. The van der Waals surface area contributed by atoms with Crippen molar-refractivity contribution in [3.63, 3.8) is 0 Å². The van der Waals surface area contributed by atoms with Gasteiger partial charge >= 0.3 is 0 Å². The Hall–Kier alpha value is -7.18. The van der Waals surface area contributed by atoms with Crippen LogP contribution in [0.15, 0.2) is 127 Å². The molecule has 0 aliphatic carbocycles. The Balaban J connectivity index is -0.000000187. The molecule has 0 spiro atoms. The molecule has 0 saturated heterocycles. The van der Waals surface area contributed by atoms with Gasteiger partial charge in [0, 0.05) is 89.8 Å². The van der Waals surface area contributed by atoms with Crippen LogP contribution in [0.3, 0.4) is 0 Å². The zero-order chi connectivity index (χ0) is 56.5. The highest BCUT2D eigenvalue weighted by Crippen LogP contribution is 2.37. The third-order valence-electron chi connectivity index (χ3n) is 8.13. The molecule has 0 fully saturated rings. The van der Waals surface area contributed by atoms with Gasteiger partial charge in [-0.3, -0.25) is 24.4 Å². The van der Waals surface area contributed by atoms with Crippen molar-refractivity contribution in [1.29, 1.82) is 0 Å². The van der Waals surface area contributed by atoms with E-state index in [1.165, 1.54) is 30.5 Å². The molecule has 2 aromatic carbocycles. The van der Waals surface area contributed by atoms with Crippen molar-refractivity contribution in [3.8, 4) is 45.0 Å². The number of nitrogens with two attached hydrogens (primary N) is 1. The van der Waals surface area contributed by atoms with Gasteiger partial charge in [0.2, 0.25) is 11.1 Å². The van der Waals surface area contributed by atoms with Gasteiger partial charge in [-0.05, 0) is 49.9 Å². The van der Waals surface area contributed by atoms with Gasteiger partial charge in [-0.1, -0.05) is 169 Å². The minimum absolute atomic E-state index is 0. The van der Waals surface area contributed by atoms with Gasteiger partial charge in [0.1, 0.15) is 11.4 Å². The summed E-state index contributed by atoms with van der Waals surface area (Å²) < 4.78 is 15.2. The summed E-state index contributed by atoms with van der Waals surface area (Å²) >= 11 is 0. The Labute approximate surface area is 469 Å². The Morgan fingerprint density at radius 2 is 0.922 bits per heavy atom. The Bertz CT molecular complexity index is 2760. The van der Waals surface area contributed by atoms with Crippen molar-refractivity contribution in [2.45, 2.75) is 145 Å². The number of rotatable bonds is 9. The van der Waals surface area contributed by atoms with Crippen LogP contribution in [0.5, 0.6) is 0 Å². The van der Waals surface area contributed by atoms with Gasteiger partial charge in [0.25, 0.3) is 11.4 Å². The molecule has 8 rings (SSSR count). The molecule has 77 heavy (non-hydrogen) atoms. The predicted octanol–water partition coefficient (Wildman–Crippen LogP) is 15.6. The monoisotopic (exact) mass is 1080 g/mol. The third-order valence-corrected chi connectivity index (χ3v) is 8.85. The van der Waals surface area contributed by atoms with Crippen LogP contribution in [0.4, 0.5) is 17.3 Å². The average molecular weight is 1080 g/mol. The molecule has 17 nitrogen and oxygen atoms in total. The Morgan fingerprint density at radius 3 is 1.27 bits per heavy atom. The number of hydrogen-bond acceptors (Lipinski definition) is 13. The van der Waals surface area contributed by atoms with Crippen molar-refractivity contribution in [2.24, 2.45) is 5.73 Å². The van der Waals surface area contributed by atoms with Crippen molar-refractivity contribution in [2.75, 3.05) is 24.7 Å². The first-order chi connectivity index (χ1) is 35.6. The maximum absolute atomic E-state index is 11.8. The average Bonchev–Trinajstić information content (AvgIpc) is 4.06. The van der Waals surface area contributed by atoms with Crippen LogP contribution in [-0.4, -0.2) is 89.4 Å². The molecular weight excluding hydrogens is 986 g/mol. The Morgan fingerprint density at radius 1 is 0.558 bits per heavy atom. The summed E-state index contributed by atoms with van der Waals surface area (Å²) in [6.45, 7) is 37.3. The van der Waals surface area contributed by atoms with E-state index in [0.717, 1.165) is 23.1 Å². The van der Waals surface area contributed by atoms with E-state index in [2.05, 4.69) is 35.5 Å². The summed E-state index contributed by atoms with van der Waals surface area (Å²) in [5, 5.41) is 34.9. The van der Waals surface area contributed by atoms with E-state index in [1.54, 1.807) is 51.9 Å². The number of aromatic nitrogens is 8. The summed E-state index contributed by atoms with van der Waals surface area (Å²) in [5.41, 5.74) is 11.7. The van der Waals surface area contributed by atoms with E-state index in [0.29, 0.717) is 52.0 Å². The topological polar surface area (TPSA) is 228 Å². The fraction of sp³-hybridized carbons (Fsp3) is 0.404. The number of nitrogens with one attached hydrogen (secondary N) is 1. The largest absolute Gasteiger partial charge is 0.354 e. The number of hydrogen-bond donors (Lipinski definition) is 2. The maximum Gasteiger partial charge on any atom is 0.270 e. The fourth-order valence-electron chi connectivity index (χ4n) is 5.80. The summed E-state index contributed by atoms with van der Waals surface area (Å²) in [4.78, 5) is 38.7. The molecule has 8 aromatic rings. The summed E-state index contributed by atoms with van der Waals surface area (Å²) in [7, 11) is -1.33. The van der Waals surface area contributed by atoms with Gasteiger partial charge < -0.3 is 11.1 Å². The van der Waals surface area contributed by atoms with Gasteiger partial charge in [-0.2, -0.15) is 10.2 Å². The van der Waals surface area contributed by atoms with Gasteiger partial charge in [0.05, 0.1) is 54.2 Å². The van der Waals surface area contributed by atoms with Crippen LogP contribution < -0.4 is 11.1 Å².